The van der Waals surface area contributed by atoms with Gasteiger partial charge in [0.15, 0.2) is 11.6 Å². The lowest BCUT2D eigenvalue weighted by Crippen LogP contribution is -2.23. The predicted octanol–water partition coefficient (Wildman–Crippen LogP) is 7.22. The lowest BCUT2D eigenvalue weighted by Gasteiger charge is -2.15. The molecule has 2 N–H and O–H groups in total. The second-order valence-corrected chi connectivity index (χ2v) is 12.8. The van der Waals surface area contributed by atoms with Crippen LogP contribution in [0.4, 0.5) is 31.7 Å². The molecule has 1 amide bonds. The van der Waals surface area contributed by atoms with Gasteiger partial charge in [0.2, 0.25) is 5.91 Å². The first-order valence-corrected chi connectivity index (χ1v) is 16.1. The number of fused-ring (bicyclic) bond motifs is 2. The van der Waals surface area contributed by atoms with Crippen molar-refractivity contribution < 1.29 is 22.0 Å². The number of nitrogens with zero attached hydrogens (tertiary/aromatic N) is 5. The smallest absolute Gasteiger partial charge is 0.263 e. The van der Waals surface area contributed by atoms with Crippen molar-refractivity contribution in [1.29, 1.82) is 0 Å². The number of hydrogen-bond acceptors (Lipinski definition) is 7. The average Bonchev–Trinajstić information content (AvgIpc) is 3.65. The Morgan fingerprint density at radius 3 is 2.57 bits per heavy atom. The maximum absolute atomic E-state index is 15.8. The normalized spacial score (nSPS) is 13.6. The maximum atomic E-state index is 15.8. The third kappa shape index (κ3) is 5.15. The molecule has 232 valence electrons. The van der Waals surface area contributed by atoms with Crippen molar-refractivity contribution in [3.05, 3.63) is 101 Å². The Balaban J connectivity index is 1.28. The molecule has 15 heteroatoms. The summed E-state index contributed by atoms with van der Waals surface area (Å²) >= 11 is 12.0. The molecular formula is C31H21Cl2F2N7O3S. The molecule has 1 aliphatic rings. The number of amides is 1. The molecule has 4 heterocycles. The fraction of sp³-hybridized carbons (Fsp3) is 0.0968. The van der Waals surface area contributed by atoms with Gasteiger partial charge in [-0.05, 0) is 48.9 Å². The molecule has 0 spiro atoms. The molecule has 0 aliphatic carbocycles. The number of aromatic nitrogens is 4. The summed E-state index contributed by atoms with van der Waals surface area (Å²) in [6.45, 7) is 0.610. The summed E-state index contributed by atoms with van der Waals surface area (Å²) in [4.78, 5) is 27.1. The van der Waals surface area contributed by atoms with Crippen LogP contribution in [0, 0.1) is 11.6 Å². The van der Waals surface area contributed by atoms with Crippen LogP contribution >= 0.6 is 23.2 Å². The highest BCUT2D eigenvalue weighted by molar-refractivity contribution is 7.92. The maximum Gasteiger partial charge on any atom is 0.263 e. The minimum Gasteiger partial charge on any atom is -0.333 e. The fourth-order valence-electron chi connectivity index (χ4n) is 5.38. The molecule has 0 unspecified atom stereocenters. The van der Waals surface area contributed by atoms with Crippen LogP contribution in [0.1, 0.15) is 12.8 Å². The van der Waals surface area contributed by atoms with Gasteiger partial charge in [-0.1, -0.05) is 47.5 Å². The van der Waals surface area contributed by atoms with E-state index in [2.05, 4.69) is 20.0 Å². The number of anilines is 4. The molecule has 0 atom stereocenters. The van der Waals surface area contributed by atoms with Gasteiger partial charge < -0.3 is 10.2 Å². The highest BCUT2D eigenvalue weighted by Crippen LogP contribution is 2.36. The van der Waals surface area contributed by atoms with Crippen molar-refractivity contribution in [2.24, 2.45) is 0 Å². The van der Waals surface area contributed by atoms with Crippen molar-refractivity contribution in [2.45, 2.75) is 17.7 Å². The summed E-state index contributed by atoms with van der Waals surface area (Å²) in [5, 5.41) is 3.24. The summed E-state index contributed by atoms with van der Waals surface area (Å²) in [6, 6.07) is 16.8. The summed E-state index contributed by atoms with van der Waals surface area (Å²) in [7, 11) is -4.41. The summed E-state index contributed by atoms with van der Waals surface area (Å²) < 4.78 is 60.8. The molecule has 1 fully saturated rings. The van der Waals surface area contributed by atoms with E-state index in [9.17, 15) is 13.2 Å². The number of para-hydroxylation sites is 1. The highest BCUT2D eigenvalue weighted by Gasteiger charge is 2.26. The molecule has 0 saturated carbocycles. The van der Waals surface area contributed by atoms with Crippen LogP contribution < -0.4 is 14.9 Å². The minimum absolute atomic E-state index is 0.0114. The summed E-state index contributed by atoms with van der Waals surface area (Å²) in [5.41, 5.74) is 0.894. The monoisotopic (exact) mass is 679 g/mol. The standard InChI is InChI=1S/C31H21Cl2F2N7O3S/c32-18-6-3-8-24(27(18)33)46(44,45)40-20-11-10-19(34)29(28(20)35)39-31-30-21(36-16-37-31)12-13-25(38-30)42-15-23(41-14-4-9-26(41)43)17-5-1-2-7-22(17)42/h1-3,5-8,10-13,15-16,40H,4,9,14H2,(H,36,37,39). The Morgan fingerprint density at radius 1 is 0.935 bits per heavy atom. The van der Waals surface area contributed by atoms with Crippen LogP contribution in [0.2, 0.25) is 10.0 Å². The Hall–Kier alpha value is -4.85. The van der Waals surface area contributed by atoms with Gasteiger partial charge in [0.1, 0.15) is 34.1 Å². The largest absolute Gasteiger partial charge is 0.333 e. The van der Waals surface area contributed by atoms with E-state index in [-0.39, 0.29) is 32.2 Å². The second-order valence-electron chi connectivity index (χ2n) is 10.4. The van der Waals surface area contributed by atoms with E-state index in [0.29, 0.717) is 24.3 Å². The number of hydrogen-bond donors (Lipinski definition) is 2. The fourth-order valence-corrected chi connectivity index (χ4v) is 7.20. The first kappa shape index (κ1) is 29.8. The van der Waals surface area contributed by atoms with E-state index in [1.165, 1.54) is 24.5 Å². The summed E-state index contributed by atoms with van der Waals surface area (Å²) in [6.07, 6.45) is 4.28. The van der Waals surface area contributed by atoms with E-state index in [1.54, 1.807) is 17.0 Å². The van der Waals surface area contributed by atoms with Gasteiger partial charge in [-0.2, -0.15) is 0 Å². The first-order valence-electron chi connectivity index (χ1n) is 13.9. The van der Waals surface area contributed by atoms with Gasteiger partial charge >= 0.3 is 0 Å². The van der Waals surface area contributed by atoms with E-state index in [1.807, 2.05) is 35.0 Å². The number of rotatable bonds is 7. The van der Waals surface area contributed by atoms with Gasteiger partial charge in [-0.25, -0.2) is 32.2 Å². The van der Waals surface area contributed by atoms with Gasteiger partial charge in [0.05, 0.1) is 32.5 Å². The molecule has 46 heavy (non-hydrogen) atoms. The van der Waals surface area contributed by atoms with Crippen LogP contribution in [-0.2, 0) is 14.8 Å². The zero-order chi connectivity index (χ0) is 32.2. The number of nitrogens with one attached hydrogen (secondary N) is 2. The molecule has 0 radical (unpaired) electrons. The Morgan fingerprint density at radius 2 is 1.76 bits per heavy atom. The van der Waals surface area contributed by atoms with Crippen LogP contribution in [0.3, 0.4) is 0 Å². The summed E-state index contributed by atoms with van der Waals surface area (Å²) in [5.74, 6) is -1.80. The van der Waals surface area contributed by atoms with Crippen molar-refractivity contribution >= 4 is 83.9 Å². The van der Waals surface area contributed by atoms with Crippen molar-refractivity contribution in [1.82, 2.24) is 19.5 Å². The average molecular weight is 681 g/mol. The van der Waals surface area contributed by atoms with Crippen molar-refractivity contribution in [3.63, 3.8) is 0 Å². The molecule has 10 nitrogen and oxygen atoms in total. The van der Waals surface area contributed by atoms with Gasteiger partial charge in [-0.3, -0.25) is 14.1 Å². The number of benzene rings is 3. The van der Waals surface area contributed by atoms with E-state index in [0.717, 1.165) is 35.1 Å². The number of sulfonamides is 1. The highest BCUT2D eigenvalue weighted by atomic mass is 35.5. The van der Waals surface area contributed by atoms with Gasteiger partial charge in [0, 0.05) is 24.5 Å². The number of pyridine rings is 1. The van der Waals surface area contributed by atoms with E-state index < -0.39 is 33.0 Å². The number of carbonyl (C=O) groups is 1. The Bertz CT molecular complexity index is 2320. The van der Waals surface area contributed by atoms with E-state index >= 15 is 8.78 Å². The van der Waals surface area contributed by atoms with Crippen LogP contribution in [0.15, 0.2) is 84.1 Å². The third-order valence-electron chi connectivity index (χ3n) is 7.55. The minimum atomic E-state index is -4.41. The quantitative estimate of drug-likeness (QED) is 0.183. The van der Waals surface area contributed by atoms with Crippen LogP contribution in [0.5, 0.6) is 0 Å². The molecular weight excluding hydrogens is 659 g/mol. The zero-order valence-corrected chi connectivity index (χ0v) is 25.8. The zero-order valence-electron chi connectivity index (χ0n) is 23.5. The molecule has 0 bridgehead atoms. The molecule has 3 aromatic heterocycles. The van der Waals surface area contributed by atoms with Gasteiger partial charge in [-0.15, -0.1) is 0 Å². The lowest BCUT2D eigenvalue weighted by molar-refractivity contribution is -0.117. The molecule has 6 aromatic rings. The van der Waals surface area contributed by atoms with Crippen molar-refractivity contribution in [2.75, 3.05) is 21.5 Å². The lowest BCUT2D eigenvalue weighted by atomic mass is 10.2. The molecule has 1 saturated heterocycles. The Labute approximate surface area is 270 Å². The van der Waals surface area contributed by atoms with Crippen LogP contribution in [0.25, 0.3) is 27.8 Å². The second kappa shape index (κ2) is 11.5. The number of carbonyl (C=O) groups excluding carboxylic acids is 1. The first-order chi connectivity index (χ1) is 22.1. The SMILES string of the molecule is O=C1CCCN1c1cn(-c2ccc3ncnc(Nc4c(F)ccc(NS(=O)(=O)c5cccc(Cl)c5Cl)c4F)c3n2)c2ccccc12. The van der Waals surface area contributed by atoms with E-state index in [4.69, 9.17) is 28.2 Å². The van der Waals surface area contributed by atoms with Gasteiger partial charge in [0.25, 0.3) is 10.0 Å². The predicted molar refractivity (Wildman–Crippen MR) is 173 cm³/mol. The third-order valence-corrected chi connectivity index (χ3v) is 9.89. The molecule has 3 aromatic carbocycles. The van der Waals surface area contributed by atoms with Crippen molar-refractivity contribution in [3.8, 4) is 5.82 Å². The van der Waals surface area contributed by atoms with Crippen LogP contribution in [-0.4, -0.2) is 40.4 Å². The number of halogens is 4. The molecule has 7 rings (SSSR count). The topological polar surface area (TPSA) is 122 Å². The Kier molecular flexibility index (Phi) is 7.46. The molecule has 1 aliphatic heterocycles.